The van der Waals surface area contributed by atoms with E-state index in [0.717, 1.165) is 51.7 Å². The molecule has 6 rings (SSSR count). The minimum atomic E-state index is -0.770. The number of ether oxygens (including phenoxy) is 1. The Kier molecular flexibility index (Phi) is 11.3. The number of halogens is 2. The Hall–Kier alpha value is -3.83. The first-order chi connectivity index (χ1) is 21.5. The summed E-state index contributed by atoms with van der Waals surface area (Å²) in [6.45, 7) is 16.5. The van der Waals surface area contributed by atoms with Crippen LogP contribution in [0.25, 0.3) is 22.0 Å². The van der Waals surface area contributed by atoms with Crippen molar-refractivity contribution < 1.29 is 18.3 Å². The maximum absolute atomic E-state index is 14.9. The van der Waals surface area contributed by atoms with Gasteiger partial charge < -0.3 is 19.9 Å². The molecule has 2 aromatic carbocycles. The number of fused-ring (bicyclic) bond motifs is 1. The number of hydrogen-bond donors (Lipinski definition) is 2. The van der Waals surface area contributed by atoms with E-state index in [9.17, 15) is 13.6 Å². The van der Waals surface area contributed by atoms with Crippen LogP contribution in [0.1, 0.15) is 69.8 Å². The second-order valence-electron chi connectivity index (χ2n) is 12.3. The lowest BCUT2D eigenvalue weighted by Gasteiger charge is -2.29. The van der Waals surface area contributed by atoms with Crippen LogP contribution in [0.4, 0.5) is 20.2 Å². The van der Waals surface area contributed by atoms with E-state index in [2.05, 4.69) is 37.5 Å². The lowest BCUT2D eigenvalue weighted by Crippen LogP contribution is -2.36. The van der Waals surface area contributed by atoms with Gasteiger partial charge in [0.15, 0.2) is 0 Å². The maximum atomic E-state index is 14.9. The molecule has 2 N–H and O–H groups in total. The number of nitrogens with zero attached hydrogens (tertiary/aromatic N) is 5. The van der Waals surface area contributed by atoms with Gasteiger partial charge in [0.25, 0.3) is 5.91 Å². The molecule has 1 amide bonds. The zero-order chi connectivity index (χ0) is 32.7. The molecule has 0 bridgehead atoms. The molecule has 4 heterocycles. The number of aromatic amines is 1. The van der Waals surface area contributed by atoms with Crippen molar-refractivity contribution >= 4 is 28.2 Å². The zero-order valence-electron chi connectivity index (χ0n) is 27.6. The third-order valence-corrected chi connectivity index (χ3v) is 7.92. The summed E-state index contributed by atoms with van der Waals surface area (Å²) in [4.78, 5) is 17.5. The van der Waals surface area contributed by atoms with Gasteiger partial charge in [-0.1, -0.05) is 20.3 Å². The number of aryl methyl sites for hydroxylation is 1. The number of benzene rings is 2. The molecule has 0 saturated carbocycles. The van der Waals surface area contributed by atoms with Gasteiger partial charge in [-0.05, 0) is 102 Å². The number of carbonyl (C=O) groups is 1. The number of hydrogen-bond acceptors (Lipinski definition) is 6. The topological polar surface area (TPSA) is 91.3 Å². The Morgan fingerprint density at radius 1 is 0.978 bits per heavy atom. The van der Waals surface area contributed by atoms with Crippen LogP contribution < -0.4 is 10.2 Å². The van der Waals surface area contributed by atoms with Crippen LogP contribution >= 0.6 is 0 Å². The van der Waals surface area contributed by atoms with Gasteiger partial charge in [0.05, 0.1) is 48.0 Å². The SMILES string of the molecule is CC.CN1CCCCC1.Cc1cc(F)c(NC(=O)c2cnn(C(C)(C)C)c2F)cc1-c1cc(N2CCOCC2)c2[nH]ncc2c1. The third-order valence-electron chi connectivity index (χ3n) is 7.92. The fourth-order valence-corrected chi connectivity index (χ4v) is 5.52. The number of amides is 1. The summed E-state index contributed by atoms with van der Waals surface area (Å²) in [6, 6.07) is 6.96. The van der Waals surface area contributed by atoms with E-state index in [0.29, 0.717) is 18.8 Å². The molecule has 11 heteroatoms. The van der Waals surface area contributed by atoms with Crippen molar-refractivity contribution in [3.63, 3.8) is 0 Å². The van der Waals surface area contributed by atoms with Crippen molar-refractivity contribution in [3.05, 3.63) is 59.6 Å². The Morgan fingerprint density at radius 2 is 1.67 bits per heavy atom. The quantitative estimate of drug-likeness (QED) is 0.255. The van der Waals surface area contributed by atoms with Crippen molar-refractivity contribution in [2.45, 2.75) is 66.3 Å². The number of aromatic nitrogens is 4. The number of likely N-dealkylation sites (tertiary alicyclic amines) is 1. The minimum absolute atomic E-state index is 0.0382. The van der Waals surface area contributed by atoms with Crippen LogP contribution in [-0.4, -0.2) is 77.2 Å². The number of anilines is 2. The molecule has 244 valence electrons. The second kappa shape index (κ2) is 15.0. The van der Waals surface area contributed by atoms with E-state index in [-0.39, 0.29) is 11.3 Å². The molecule has 2 aliphatic heterocycles. The largest absolute Gasteiger partial charge is 0.378 e. The summed E-state index contributed by atoms with van der Waals surface area (Å²) < 4.78 is 36.4. The highest BCUT2D eigenvalue weighted by Gasteiger charge is 2.25. The highest BCUT2D eigenvalue weighted by atomic mass is 19.1. The van der Waals surface area contributed by atoms with Gasteiger partial charge in [-0.2, -0.15) is 14.6 Å². The number of morpholine rings is 1. The van der Waals surface area contributed by atoms with Crippen molar-refractivity contribution in [2.24, 2.45) is 0 Å². The van der Waals surface area contributed by atoms with E-state index in [1.54, 1.807) is 33.0 Å². The molecule has 2 aromatic heterocycles. The molecule has 45 heavy (non-hydrogen) atoms. The Labute approximate surface area is 264 Å². The van der Waals surface area contributed by atoms with Gasteiger partial charge in [0.1, 0.15) is 11.4 Å². The summed E-state index contributed by atoms with van der Waals surface area (Å²) >= 11 is 0. The van der Waals surface area contributed by atoms with Crippen molar-refractivity contribution in [1.82, 2.24) is 24.9 Å². The summed E-state index contributed by atoms with van der Waals surface area (Å²) in [5.41, 5.74) is 3.27. The Morgan fingerprint density at radius 3 is 2.27 bits per heavy atom. The predicted molar refractivity (Wildman–Crippen MR) is 177 cm³/mol. The van der Waals surface area contributed by atoms with E-state index in [1.165, 1.54) is 38.4 Å². The van der Waals surface area contributed by atoms with E-state index >= 15 is 0 Å². The fourth-order valence-electron chi connectivity index (χ4n) is 5.52. The maximum Gasteiger partial charge on any atom is 0.262 e. The first kappa shape index (κ1) is 34.1. The van der Waals surface area contributed by atoms with Crippen LogP contribution in [0, 0.1) is 18.7 Å². The third kappa shape index (κ3) is 8.07. The Balaban J connectivity index is 0.000000447. The van der Waals surface area contributed by atoms with Crippen LogP contribution in [0.15, 0.2) is 36.7 Å². The van der Waals surface area contributed by atoms with E-state index < -0.39 is 23.2 Å². The molecule has 0 spiro atoms. The van der Waals surface area contributed by atoms with Crippen LogP contribution in [0.2, 0.25) is 0 Å². The summed E-state index contributed by atoms with van der Waals surface area (Å²) in [5.74, 6) is -2.14. The molecule has 0 unspecified atom stereocenters. The molecular formula is C34H47F2N7O2. The zero-order valence-corrected chi connectivity index (χ0v) is 27.6. The lowest BCUT2D eigenvalue weighted by molar-refractivity contribution is 0.102. The van der Waals surface area contributed by atoms with Crippen LogP contribution in [-0.2, 0) is 10.3 Å². The average molecular weight is 624 g/mol. The molecule has 9 nitrogen and oxygen atoms in total. The van der Waals surface area contributed by atoms with Crippen LogP contribution in [0.5, 0.6) is 0 Å². The number of H-pyrrole nitrogens is 1. The highest BCUT2D eigenvalue weighted by Crippen LogP contribution is 2.36. The van der Waals surface area contributed by atoms with Gasteiger partial charge in [-0.3, -0.25) is 9.89 Å². The van der Waals surface area contributed by atoms with Crippen molar-refractivity contribution in [3.8, 4) is 11.1 Å². The summed E-state index contributed by atoms with van der Waals surface area (Å²) in [6.07, 6.45) is 7.18. The molecule has 0 radical (unpaired) electrons. The number of nitrogens with one attached hydrogen (secondary N) is 2. The molecular weight excluding hydrogens is 576 g/mol. The van der Waals surface area contributed by atoms with Gasteiger partial charge in [-0.25, -0.2) is 9.07 Å². The Bertz CT molecular complexity index is 1580. The number of rotatable bonds is 4. The number of piperidine rings is 1. The predicted octanol–water partition coefficient (Wildman–Crippen LogP) is 6.99. The molecule has 0 aliphatic carbocycles. The standard InChI is InChI=1S/C26H28F2N6O2.C6H13N.C2H6/c1-15-9-20(27)21(31-25(35)19-14-30-34(24(19)28)26(2,3)4)12-18(15)16-10-17-13-29-32-23(17)22(11-16)33-5-7-36-8-6-33;1-7-5-3-2-4-6-7;1-2/h9-14H,5-8H2,1-4H3,(H,29,32)(H,31,35);2-6H2,1H3;1-2H3. The average Bonchev–Trinajstić information content (AvgIpc) is 3.67. The molecule has 0 atom stereocenters. The lowest BCUT2D eigenvalue weighted by atomic mass is 9.97. The van der Waals surface area contributed by atoms with Gasteiger partial charge in [0, 0.05) is 18.5 Å². The minimum Gasteiger partial charge on any atom is -0.378 e. The van der Waals surface area contributed by atoms with Crippen LogP contribution in [0.3, 0.4) is 0 Å². The summed E-state index contributed by atoms with van der Waals surface area (Å²) in [5, 5.41) is 14.7. The normalized spacial score (nSPS) is 15.6. The first-order valence-electron chi connectivity index (χ1n) is 15.9. The molecule has 2 fully saturated rings. The van der Waals surface area contributed by atoms with E-state index in [4.69, 9.17) is 4.74 Å². The van der Waals surface area contributed by atoms with Crippen molar-refractivity contribution in [1.29, 1.82) is 0 Å². The van der Waals surface area contributed by atoms with Gasteiger partial charge in [0.2, 0.25) is 5.95 Å². The van der Waals surface area contributed by atoms with Gasteiger partial charge >= 0.3 is 0 Å². The smallest absolute Gasteiger partial charge is 0.262 e. The highest BCUT2D eigenvalue weighted by molar-refractivity contribution is 6.04. The monoisotopic (exact) mass is 623 g/mol. The molecule has 2 aliphatic rings. The van der Waals surface area contributed by atoms with Gasteiger partial charge in [-0.15, -0.1) is 0 Å². The van der Waals surface area contributed by atoms with Crippen molar-refractivity contribution in [2.75, 3.05) is 56.7 Å². The number of carbonyl (C=O) groups excluding carboxylic acids is 1. The van der Waals surface area contributed by atoms with E-state index in [1.807, 2.05) is 32.9 Å². The second-order valence-corrected chi connectivity index (χ2v) is 12.3. The fraction of sp³-hybridized carbons (Fsp3) is 0.500. The first-order valence-corrected chi connectivity index (χ1v) is 15.9. The molecule has 2 saturated heterocycles. The summed E-state index contributed by atoms with van der Waals surface area (Å²) in [7, 11) is 2.19. The molecule has 4 aromatic rings.